The van der Waals surface area contributed by atoms with Crippen molar-refractivity contribution < 1.29 is 0 Å². The molecule has 30 heavy (non-hydrogen) atoms. The van der Waals surface area contributed by atoms with Gasteiger partial charge in [-0.1, -0.05) is 92.9 Å². The van der Waals surface area contributed by atoms with Gasteiger partial charge < -0.3 is 0 Å². The highest BCUT2D eigenvalue weighted by Crippen LogP contribution is 2.46. The van der Waals surface area contributed by atoms with Crippen LogP contribution in [-0.4, -0.2) is 4.98 Å². The first-order valence-corrected chi connectivity index (χ1v) is 12.1. The normalized spacial score (nSPS) is 16.6. The van der Waals surface area contributed by atoms with Crippen LogP contribution in [0.15, 0.2) is 30.3 Å². The summed E-state index contributed by atoms with van der Waals surface area (Å²) in [4.78, 5) is 4.85. The number of benzene rings is 1. The molecule has 1 aromatic heterocycles. The Balaban J connectivity index is 0.000000396. The Labute approximate surface area is 186 Å². The first-order chi connectivity index (χ1) is 14.0. The Morgan fingerprint density at radius 2 is 1.53 bits per heavy atom. The van der Waals surface area contributed by atoms with Crippen LogP contribution in [-0.2, 0) is 17.3 Å². The topological polar surface area (TPSA) is 12.9 Å². The number of hydrogen-bond acceptors (Lipinski definition) is 1. The molecule has 0 aliphatic heterocycles. The van der Waals surface area contributed by atoms with Gasteiger partial charge in [-0.2, -0.15) is 0 Å². The maximum absolute atomic E-state index is 4.85. The summed E-state index contributed by atoms with van der Waals surface area (Å²) in [5.74, 6) is 0.903. The second-order valence-electron chi connectivity index (χ2n) is 10.9. The number of unbranched alkanes of at least 4 members (excludes halogenated alkanes) is 1. The van der Waals surface area contributed by atoms with E-state index >= 15 is 0 Å². The summed E-state index contributed by atoms with van der Waals surface area (Å²) in [6.07, 6.45) is 7.68. The van der Waals surface area contributed by atoms with Crippen LogP contribution in [0.25, 0.3) is 11.3 Å². The zero-order valence-electron chi connectivity index (χ0n) is 21.2. The highest BCUT2D eigenvalue weighted by atomic mass is 14.7. The van der Waals surface area contributed by atoms with Crippen molar-refractivity contribution in [3.63, 3.8) is 0 Å². The molecule has 1 nitrogen and oxygen atoms in total. The fourth-order valence-corrected chi connectivity index (χ4v) is 4.47. The lowest BCUT2D eigenvalue weighted by atomic mass is 9.63. The SMILES string of the molecule is CCCCC(C)C.CCc1ccc(C)nc1-c1ccc2c(c1)C(C)(C)CCC2(C)C. The summed E-state index contributed by atoms with van der Waals surface area (Å²) in [5.41, 5.74) is 8.41. The number of nitrogens with zero attached hydrogens (tertiary/aromatic N) is 1. The van der Waals surface area contributed by atoms with Crippen molar-refractivity contribution in [2.75, 3.05) is 0 Å². The van der Waals surface area contributed by atoms with Gasteiger partial charge in [0.15, 0.2) is 0 Å². The largest absolute Gasteiger partial charge is 0.253 e. The molecule has 0 saturated heterocycles. The van der Waals surface area contributed by atoms with Crippen LogP contribution < -0.4 is 0 Å². The molecular weight excluding hydrogens is 362 g/mol. The smallest absolute Gasteiger partial charge is 0.0737 e. The second-order valence-corrected chi connectivity index (χ2v) is 10.9. The van der Waals surface area contributed by atoms with E-state index in [1.165, 1.54) is 54.4 Å². The molecule has 0 spiro atoms. The summed E-state index contributed by atoms with van der Waals surface area (Å²) in [6, 6.07) is 11.4. The number of hydrogen-bond donors (Lipinski definition) is 0. The van der Waals surface area contributed by atoms with Crippen molar-refractivity contribution in [2.45, 2.75) is 112 Å². The maximum atomic E-state index is 4.85. The minimum Gasteiger partial charge on any atom is -0.253 e. The van der Waals surface area contributed by atoms with Crippen LogP contribution in [0.3, 0.4) is 0 Å². The Kier molecular flexibility index (Phi) is 8.31. The van der Waals surface area contributed by atoms with E-state index in [-0.39, 0.29) is 10.8 Å². The van der Waals surface area contributed by atoms with Crippen molar-refractivity contribution in [3.8, 4) is 11.3 Å². The summed E-state index contributed by atoms with van der Waals surface area (Å²) < 4.78 is 0. The molecular formula is C29H45N. The molecule has 1 heteroatoms. The predicted molar refractivity (Wildman–Crippen MR) is 133 cm³/mol. The van der Waals surface area contributed by atoms with Gasteiger partial charge in [-0.3, -0.25) is 4.98 Å². The van der Waals surface area contributed by atoms with Crippen molar-refractivity contribution in [3.05, 3.63) is 52.7 Å². The van der Waals surface area contributed by atoms with E-state index in [4.69, 9.17) is 4.98 Å². The van der Waals surface area contributed by atoms with E-state index in [2.05, 4.69) is 92.6 Å². The Bertz CT molecular complexity index is 826. The van der Waals surface area contributed by atoms with Crippen molar-refractivity contribution in [2.24, 2.45) is 5.92 Å². The molecule has 0 amide bonds. The zero-order valence-corrected chi connectivity index (χ0v) is 21.2. The van der Waals surface area contributed by atoms with Gasteiger partial charge in [-0.15, -0.1) is 0 Å². The quantitative estimate of drug-likeness (QED) is 0.482. The predicted octanol–water partition coefficient (Wildman–Crippen LogP) is 8.80. The summed E-state index contributed by atoms with van der Waals surface area (Å²) in [6.45, 7) is 20.6. The van der Waals surface area contributed by atoms with Crippen LogP contribution in [0.2, 0.25) is 0 Å². The molecule has 2 aromatic rings. The summed E-state index contributed by atoms with van der Waals surface area (Å²) >= 11 is 0. The van der Waals surface area contributed by atoms with Gasteiger partial charge in [0.25, 0.3) is 0 Å². The van der Waals surface area contributed by atoms with Crippen LogP contribution in [0, 0.1) is 12.8 Å². The van der Waals surface area contributed by atoms with Crippen LogP contribution in [0.4, 0.5) is 0 Å². The van der Waals surface area contributed by atoms with E-state index in [0.717, 1.165) is 23.7 Å². The molecule has 0 N–H and O–H groups in total. The standard InChI is InChI=1S/C22H29N.C7H16/c1-7-16-9-8-15(2)23-20(16)17-10-11-18-19(14-17)22(5,6)13-12-21(18,3)4;1-4-5-6-7(2)3/h8-11,14H,7,12-13H2,1-6H3;7H,4-6H2,1-3H3. The maximum Gasteiger partial charge on any atom is 0.0737 e. The van der Waals surface area contributed by atoms with E-state index in [0.29, 0.717) is 0 Å². The monoisotopic (exact) mass is 407 g/mol. The van der Waals surface area contributed by atoms with Gasteiger partial charge in [0, 0.05) is 11.3 Å². The first-order valence-electron chi connectivity index (χ1n) is 12.1. The average molecular weight is 408 g/mol. The van der Waals surface area contributed by atoms with Crippen LogP contribution in [0.5, 0.6) is 0 Å². The van der Waals surface area contributed by atoms with Gasteiger partial charge in [0.2, 0.25) is 0 Å². The molecule has 1 aliphatic rings. The average Bonchev–Trinajstić information content (AvgIpc) is 2.70. The third-order valence-electron chi connectivity index (χ3n) is 6.76. The highest BCUT2D eigenvalue weighted by Gasteiger charge is 2.37. The third kappa shape index (κ3) is 5.96. The van der Waals surface area contributed by atoms with Crippen LogP contribution in [0.1, 0.15) is 110 Å². The van der Waals surface area contributed by atoms with Gasteiger partial charge in [0.05, 0.1) is 5.69 Å². The van der Waals surface area contributed by atoms with Gasteiger partial charge in [0.1, 0.15) is 0 Å². The molecule has 1 heterocycles. The molecule has 166 valence electrons. The lowest BCUT2D eigenvalue weighted by Crippen LogP contribution is -2.33. The summed E-state index contributed by atoms with van der Waals surface area (Å²) in [7, 11) is 0. The molecule has 0 fully saturated rings. The molecule has 0 bridgehead atoms. The van der Waals surface area contributed by atoms with Gasteiger partial charge >= 0.3 is 0 Å². The van der Waals surface area contributed by atoms with Gasteiger partial charge in [-0.05, 0) is 71.8 Å². The number of fused-ring (bicyclic) bond motifs is 1. The van der Waals surface area contributed by atoms with Crippen LogP contribution >= 0.6 is 0 Å². The molecule has 1 aliphatic carbocycles. The highest BCUT2D eigenvalue weighted by molar-refractivity contribution is 5.66. The van der Waals surface area contributed by atoms with E-state index in [1.54, 1.807) is 0 Å². The molecule has 3 rings (SSSR count). The second kappa shape index (κ2) is 10.1. The Hall–Kier alpha value is -1.63. The minimum atomic E-state index is 0.247. The lowest BCUT2D eigenvalue weighted by molar-refractivity contribution is 0.332. The Morgan fingerprint density at radius 3 is 2.07 bits per heavy atom. The lowest BCUT2D eigenvalue weighted by Gasteiger charge is -2.42. The Morgan fingerprint density at radius 1 is 0.900 bits per heavy atom. The fraction of sp³-hybridized carbons (Fsp3) is 0.621. The van der Waals surface area contributed by atoms with Crippen molar-refractivity contribution >= 4 is 0 Å². The van der Waals surface area contributed by atoms with E-state index in [1.807, 2.05) is 0 Å². The number of aromatic nitrogens is 1. The molecule has 0 saturated carbocycles. The van der Waals surface area contributed by atoms with E-state index < -0.39 is 0 Å². The minimum absolute atomic E-state index is 0.247. The number of pyridine rings is 1. The zero-order chi connectivity index (χ0) is 22.5. The fourth-order valence-electron chi connectivity index (χ4n) is 4.47. The van der Waals surface area contributed by atoms with Crippen molar-refractivity contribution in [1.29, 1.82) is 0 Å². The van der Waals surface area contributed by atoms with Gasteiger partial charge in [-0.25, -0.2) is 0 Å². The third-order valence-corrected chi connectivity index (χ3v) is 6.76. The summed E-state index contributed by atoms with van der Waals surface area (Å²) in [5, 5.41) is 0. The molecule has 0 unspecified atom stereocenters. The number of rotatable bonds is 5. The molecule has 0 atom stereocenters. The van der Waals surface area contributed by atoms with Crippen molar-refractivity contribution in [1.82, 2.24) is 4.98 Å². The first kappa shape index (κ1) is 24.6. The number of aryl methyl sites for hydroxylation is 2. The molecule has 0 radical (unpaired) electrons. The van der Waals surface area contributed by atoms with E-state index in [9.17, 15) is 0 Å². The molecule has 1 aromatic carbocycles.